The highest BCUT2D eigenvalue weighted by Crippen LogP contribution is 2.40. The third kappa shape index (κ3) is 3.14. The van der Waals surface area contributed by atoms with Gasteiger partial charge in [-0.15, -0.1) is 0 Å². The van der Waals surface area contributed by atoms with Gasteiger partial charge in [0, 0.05) is 7.11 Å². The zero-order valence-corrected chi connectivity index (χ0v) is 16.9. The molecule has 1 saturated carbocycles. The minimum atomic E-state index is -1.32. The molecule has 1 aliphatic heterocycles. The Bertz CT molecular complexity index is 823. The van der Waals surface area contributed by atoms with Gasteiger partial charge in [-0.3, -0.25) is 4.57 Å². The molecule has 3 heterocycles. The largest absolute Gasteiger partial charge is 0.460 e. The number of alkyl halides is 1. The number of imidazole rings is 1. The molecule has 0 radical (unpaired) electrons. The second kappa shape index (κ2) is 7.28. The van der Waals surface area contributed by atoms with Gasteiger partial charge >= 0.3 is 6.01 Å². The maximum Gasteiger partial charge on any atom is 0.320 e. The summed E-state index contributed by atoms with van der Waals surface area (Å²) in [5.74, 6) is -1.13. The van der Waals surface area contributed by atoms with Crippen molar-refractivity contribution in [3.8, 4) is 6.01 Å². The summed E-state index contributed by atoms with van der Waals surface area (Å²) in [4.78, 5) is 12.9. The Kier molecular flexibility index (Phi) is 5.14. The summed E-state index contributed by atoms with van der Waals surface area (Å²) < 4.78 is 19.0. The summed E-state index contributed by atoms with van der Waals surface area (Å²) in [7, 11) is 1.43. The van der Waals surface area contributed by atoms with Crippen LogP contribution in [0.1, 0.15) is 31.9 Å². The number of anilines is 1. The van der Waals surface area contributed by atoms with Crippen molar-refractivity contribution >= 4 is 39.6 Å². The molecule has 0 spiro atoms. The number of hydrogen-bond acceptors (Lipinski definition) is 9. The number of fused-ring (bicyclic) bond motifs is 1. The van der Waals surface area contributed by atoms with E-state index in [0.717, 1.165) is 25.7 Å². The zero-order chi connectivity index (χ0) is 19.2. The van der Waals surface area contributed by atoms with E-state index >= 15 is 0 Å². The molecule has 1 saturated heterocycles. The zero-order valence-electron chi connectivity index (χ0n) is 14.8. The lowest BCUT2D eigenvalue weighted by Crippen LogP contribution is -2.46. The van der Waals surface area contributed by atoms with Crippen LogP contribution in [0.2, 0.25) is 0 Å². The number of hydrogen-bond donors (Lipinski definition) is 3. The molecule has 148 valence electrons. The highest BCUT2D eigenvalue weighted by atomic mass is 127. The molecule has 2 fully saturated rings. The van der Waals surface area contributed by atoms with Gasteiger partial charge < -0.3 is 30.2 Å². The van der Waals surface area contributed by atoms with E-state index in [4.69, 9.17) is 19.9 Å². The molecule has 1 aliphatic carbocycles. The van der Waals surface area contributed by atoms with Gasteiger partial charge in [0.2, 0.25) is 5.79 Å². The first-order chi connectivity index (χ1) is 13.0. The molecular weight excluding hydrogens is 469 g/mol. The number of nitrogen functional groups attached to an aromatic ring is 1. The Morgan fingerprint density at radius 2 is 2.11 bits per heavy atom. The van der Waals surface area contributed by atoms with Gasteiger partial charge in [-0.1, -0.05) is 22.6 Å². The number of methoxy groups -OCH3 is 1. The van der Waals surface area contributed by atoms with Gasteiger partial charge in [-0.05, 0) is 25.7 Å². The van der Waals surface area contributed by atoms with Gasteiger partial charge in [0.05, 0.1) is 10.8 Å². The molecule has 2 aromatic rings. The Morgan fingerprint density at radius 1 is 1.37 bits per heavy atom. The third-order valence-electron chi connectivity index (χ3n) is 5.19. The van der Waals surface area contributed by atoms with Crippen molar-refractivity contribution in [3.63, 3.8) is 0 Å². The lowest BCUT2D eigenvalue weighted by atomic mass is 10.1. The molecule has 0 aromatic carbocycles. The number of aliphatic hydroxyl groups is 2. The summed E-state index contributed by atoms with van der Waals surface area (Å²) in [6.45, 7) is 0. The van der Waals surface area contributed by atoms with E-state index in [-0.39, 0.29) is 17.9 Å². The molecular formula is C16H22IN5O5. The van der Waals surface area contributed by atoms with Crippen LogP contribution < -0.4 is 10.5 Å². The van der Waals surface area contributed by atoms with E-state index in [0.29, 0.717) is 15.6 Å². The normalized spacial score (nSPS) is 31.8. The molecule has 0 unspecified atom stereocenters. The van der Waals surface area contributed by atoms with Crippen LogP contribution in [0.4, 0.5) is 5.82 Å². The number of rotatable bonds is 5. The number of aliphatic hydroxyl groups excluding tert-OH is 2. The average molecular weight is 491 g/mol. The molecule has 0 bridgehead atoms. The maximum atomic E-state index is 10.5. The molecule has 4 rings (SSSR count). The number of aromatic nitrogens is 4. The molecule has 2 aliphatic rings. The van der Waals surface area contributed by atoms with E-state index in [2.05, 4.69) is 15.0 Å². The first kappa shape index (κ1) is 19.1. The predicted octanol–water partition coefficient (Wildman–Crippen LogP) is 0.758. The number of nitrogens with zero attached hydrogens (tertiary/aromatic N) is 4. The van der Waals surface area contributed by atoms with Gasteiger partial charge in [0.25, 0.3) is 0 Å². The van der Waals surface area contributed by atoms with Crippen molar-refractivity contribution in [3.05, 3.63) is 6.33 Å². The molecule has 0 amide bonds. The summed E-state index contributed by atoms with van der Waals surface area (Å²) >= 11 is 2.04. The Labute approximate surface area is 169 Å². The van der Waals surface area contributed by atoms with Crippen LogP contribution in [0, 0.1) is 0 Å². The SMILES string of the molecule is CO[C@]1(CI)O[C@@H](n2cnc3c(N)nc(OC4CCCC4)nc32)[C@H](O)[C@@H]1O. The Balaban J connectivity index is 1.70. The van der Waals surface area contributed by atoms with Crippen molar-refractivity contribution < 1.29 is 24.4 Å². The average Bonchev–Trinajstić information content (AvgIpc) is 3.37. The highest BCUT2D eigenvalue weighted by Gasteiger charge is 2.55. The van der Waals surface area contributed by atoms with Crippen molar-refractivity contribution in [2.24, 2.45) is 0 Å². The standard InChI is InChI=1S/C16H22IN5O5/c1-25-16(6-17)11(24)10(23)14(27-16)22-7-19-9-12(18)20-15(21-13(9)22)26-8-4-2-3-5-8/h7-8,10-11,14,23-24H,2-6H2,1H3,(H2,18,20,21)/t10-,11+,14-,16-/m1/s1. The van der Waals surface area contributed by atoms with Crippen molar-refractivity contribution in [2.45, 2.75) is 56.0 Å². The quantitative estimate of drug-likeness (QED) is 0.409. The van der Waals surface area contributed by atoms with Crippen LogP contribution in [0.25, 0.3) is 11.2 Å². The van der Waals surface area contributed by atoms with Crippen LogP contribution in [0.5, 0.6) is 6.01 Å². The lowest BCUT2D eigenvalue weighted by Gasteiger charge is -2.28. The first-order valence-electron chi connectivity index (χ1n) is 8.81. The van der Waals surface area contributed by atoms with Crippen molar-refractivity contribution in [1.29, 1.82) is 0 Å². The van der Waals surface area contributed by atoms with Gasteiger partial charge in [-0.2, -0.15) is 9.97 Å². The Morgan fingerprint density at radius 3 is 2.74 bits per heavy atom. The molecule has 4 N–H and O–H groups in total. The fourth-order valence-corrected chi connectivity index (χ4v) is 4.57. The van der Waals surface area contributed by atoms with Crippen molar-refractivity contribution in [1.82, 2.24) is 19.5 Å². The minimum absolute atomic E-state index is 0.0773. The molecule has 4 atom stereocenters. The maximum absolute atomic E-state index is 10.5. The second-order valence-corrected chi connectivity index (χ2v) is 7.60. The van der Waals surface area contributed by atoms with Crippen LogP contribution >= 0.6 is 22.6 Å². The van der Waals surface area contributed by atoms with E-state index in [1.54, 1.807) is 0 Å². The molecule has 2 aromatic heterocycles. The summed E-state index contributed by atoms with van der Waals surface area (Å²) in [5, 5.41) is 21.0. The summed E-state index contributed by atoms with van der Waals surface area (Å²) in [6, 6.07) is 0.175. The van der Waals surface area contributed by atoms with E-state index in [1.165, 1.54) is 18.0 Å². The number of nitrogens with two attached hydrogens (primary N) is 1. The molecule has 11 heteroatoms. The summed E-state index contributed by atoms with van der Waals surface area (Å²) in [5.41, 5.74) is 6.77. The third-order valence-corrected chi connectivity index (χ3v) is 6.26. The van der Waals surface area contributed by atoms with E-state index < -0.39 is 24.2 Å². The Hall–Kier alpha value is -1.28. The van der Waals surface area contributed by atoms with Crippen LogP contribution in [0.15, 0.2) is 6.33 Å². The van der Waals surface area contributed by atoms with E-state index in [9.17, 15) is 10.2 Å². The van der Waals surface area contributed by atoms with Crippen LogP contribution in [-0.4, -0.2) is 65.4 Å². The number of ether oxygens (including phenoxy) is 3. The lowest BCUT2D eigenvalue weighted by molar-refractivity contribution is -0.236. The van der Waals surface area contributed by atoms with Gasteiger partial charge in [0.1, 0.15) is 18.3 Å². The first-order valence-corrected chi connectivity index (χ1v) is 10.3. The molecule has 27 heavy (non-hydrogen) atoms. The van der Waals surface area contributed by atoms with Crippen LogP contribution in [0.3, 0.4) is 0 Å². The minimum Gasteiger partial charge on any atom is -0.460 e. The second-order valence-electron chi connectivity index (χ2n) is 6.83. The fraction of sp³-hybridized carbons (Fsp3) is 0.688. The number of halogens is 1. The van der Waals surface area contributed by atoms with E-state index in [1.807, 2.05) is 22.6 Å². The van der Waals surface area contributed by atoms with Crippen molar-refractivity contribution in [2.75, 3.05) is 17.3 Å². The summed E-state index contributed by atoms with van der Waals surface area (Å²) in [6.07, 6.45) is 2.30. The van der Waals surface area contributed by atoms with Gasteiger partial charge in [0.15, 0.2) is 23.2 Å². The van der Waals surface area contributed by atoms with Gasteiger partial charge in [-0.25, -0.2) is 4.98 Å². The fourth-order valence-electron chi connectivity index (χ4n) is 3.63. The highest BCUT2D eigenvalue weighted by molar-refractivity contribution is 14.1. The predicted molar refractivity (Wildman–Crippen MR) is 103 cm³/mol. The van der Waals surface area contributed by atoms with Crippen LogP contribution in [-0.2, 0) is 9.47 Å². The topological polar surface area (TPSA) is 138 Å². The monoisotopic (exact) mass is 491 g/mol. The smallest absolute Gasteiger partial charge is 0.320 e. The molecule has 10 nitrogen and oxygen atoms in total.